The van der Waals surface area contributed by atoms with Crippen LogP contribution in [0.4, 0.5) is 10.6 Å². The van der Waals surface area contributed by atoms with Gasteiger partial charge in [0.05, 0.1) is 0 Å². The predicted molar refractivity (Wildman–Crippen MR) is 83.5 cm³/mol. The summed E-state index contributed by atoms with van der Waals surface area (Å²) < 4.78 is 5.32. The lowest BCUT2D eigenvalue weighted by molar-refractivity contribution is 0.0690. The Morgan fingerprint density at radius 3 is 2.70 bits per heavy atom. The Morgan fingerprint density at radius 1 is 1.17 bits per heavy atom. The van der Waals surface area contributed by atoms with E-state index in [1.54, 1.807) is 6.07 Å². The number of aromatic nitrogens is 1. The van der Waals surface area contributed by atoms with E-state index in [1.165, 1.54) is 11.0 Å². The zero-order valence-electron chi connectivity index (χ0n) is 12.4. The first-order valence-corrected chi connectivity index (χ1v) is 7.36. The Balaban J connectivity index is 1.77. The second-order valence-electron chi connectivity index (χ2n) is 5.28. The highest BCUT2D eigenvalue weighted by Gasteiger charge is 2.26. The Morgan fingerprint density at radius 2 is 1.96 bits per heavy atom. The number of aryl methyl sites for hydroxylation is 1. The summed E-state index contributed by atoms with van der Waals surface area (Å²) in [4.78, 5) is 28.9. The molecule has 0 saturated carbocycles. The van der Waals surface area contributed by atoms with Crippen LogP contribution in [0.5, 0.6) is 0 Å². The van der Waals surface area contributed by atoms with Crippen molar-refractivity contribution in [2.75, 3.05) is 11.4 Å². The first-order valence-electron chi connectivity index (χ1n) is 7.36. The summed E-state index contributed by atoms with van der Waals surface area (Å²) >= 11 is 0. The number of amides is 1. The van der Waals surface area contributed by atoms with Crippen molar-refractivity contribution in [3.63, 3.8) is 0 Å². The minimum Gasteiger partial charge on any atom is -0.477 e. The van der Waals surface area contributed by atoms with Gasteiger partial charge in [-0.25, -0.2) is 14.6 Å². The summed E-state index contributed by atoms with van der Waals surface area (Å²) in [5.41, 5.74) is 1.68. The van der Waals surface area contributed by atoms with Gasteiger partial charge in [-0.3, -0.25) is 4.90 Å². The number of hydrogen-bond donors (Lipinski definition) is 1. The lowest BCUT2D eigenvalue weighted by atomic mass is 10.1. The molecule has 1 aliphatic heterocycles. The average Bonchev–Trinajstić information content (AvgIpc) is 2.59. The molecule has 6 heteroatoms. The van der Waals surface area contributed by atoms with Crippen LogP contribution in [-0.4, -0.2) is 28.7 Å². The van der Waals surface area contributed by atoms with Crippen LogP contribution in [0, 0.1) is 0 Å². The molecule has 0 spiro atoms. The second-order valence-corrected chi connectivity index (χ2v) is 5.28. The summed E-state index contributed by atoms with van der Waals surface area (Å²) in [7, 11) is 0. The van der Waals surface area contributed by atoms with Crippen molar-refractivity contribution in [1.29, 1.82) is 0 Å². The van der Waals surface area contributed by atoms with Crippen LogP contribution in [0.1, 0.15) is 28.0 Å². The SMILES string of the molecule is O=C(O)c1ccc2c(n1)N(C(=O)OCc1ccccc1)CCC2. The Hall–Kier alpha value is -2.89. The smallest absolute Gasteiger partial charge is 0.415 e. The molecule has 1 amide bonds. The summed E-state index contributed by atoms with van der Waals surface area (Å²) in [6.07, 6.45) is 1.05. The van der Waals surface area contributed by atoms with Crippen LogP contribution in [0.2, 0.25) is 0 Å². The second kappa shape index (κ2) is 6.48. The third-order valence-corrected chi connectivity index (χ3v) is 3.68. The quantitative estimate of drug-likeness (QED) is 0.942. The summed E-state index contributed by atoms with van der Waals surface area (Å²) in [5, 5.41) is 9.07. The van der Waals surface area contributed by atoms with Gasteiger partial charge in [0, 0.05) is 6.54 Å². The zero-order chi connectivity index (χ0) is 16.2. The molecule has 0 aliphatic carbocycles. The van der Waals surface area contributed by atoms with Crippen molar-refractivity contribution < 1.29 is 19.4 Å². The number of carboxylic acid groups (broad SMARTS) is 1. The van der Waals surface area contributed by atoms with Gasteiger partial charge in [0.2, 0.25) is 0 Å². The van der Waals surface area contributed by atoms with Gasteiger partial charge in [-0.1, -0.05) is 36.4 Å². The third kappa shape index (κ3) is 3.31. The van der Waals surface area contributed by atoms with E-state index in [-0.39, 0.29) is 12.3 Å². The number of hydrogen-bond acceptors (Lipinski definition) is 4. The van der Waals surface area contributed by atoms with Crippen molar-refractivity contribution in [1.82, 2.24) is 4.98 Å². The van der Waals surface area contributed by atoms with E-state index in [0.717, 1.165) is 24.0 Å². The first kappa shape index (κ1) is 15.0. The van der Waals surface area contributed by atoms with Crippen LogP contribution in [0.25, 0.3) is 0 Å². The number of pyridine rings is 1. The van der Waals surface area contributed by atoms with Gasteiger partial charge in [0.25, 0.3) is 0 Å². The Bertz CT molecular complexity index is 731. The van der Waals surface area contributed by atoms with Crippen molar-refractivity contribution in [2.45, 2.75) is 19.4 Å². The standard InChI is InChI=1S/C17H16N2O4/c20-16(21)14-9-8-13-7-4-10-19(15(13)18-14)17(22)23-11-12-5-2-1-3-6-12/h1-3,5-6,8-9H,4,7,10-11H2,(H,20,21). The van der Waals surface area contributed by atoms with Crippen molar-refractivity contribution in [2.24, 2.45) is 0 Å². The number of benzene rings is 1. The molecule has 1 aromatic carbocycles. The molecule has 0 bridgehead atoms. The number of nitrogens with zero attached hydrogens (tertiary/aromatic N) is 2. The number of carboxylic acids is 1. The van der Waals surface area contributed by atoms with Crippen molar-refractivity contribution >= 4 is 17.9 Å². The van der Waals surface area contributed by atoms with Crippen molar-refractivity contribution in [3.05, 3.63) is 59.3 Å². The number of ether oxygens (including phenoxy) is 1. The normalized spacial score (nSPS) is 13.3. The van der Waals surface area contributed by atoms with Crippen LogP contribution in [0.3, 0.4) is 0 Å². The topological polar surface area (TPSA) is 79.7 Å². The van der Waals surface area contributed by atoms with Crippen LogP contribution < -0.4 is 4.90 Å². The van der Waals surface area contributed by atoms with Crippen molar-refractivity contribution in [3.8, 4) is 0 Å². The van der Waals surface area contributed by atoms with E-state index in [1.807, 2.05) is 30.3 Å². The van der Waals surface area contributed by atoms with E-state index in [2.05, 4.69) is 4.98 Å². The van der Waals surface area contributed by atoms with E-state index in [0.29, 0.717) is 12.4 Å². The van der Waals surface area contributed by atoms with Gasteiger partial charge in [0.15, 0.2) is 5.69 Å². The van der Waals surface area contributed by atoms with E-state index < -0.39 is 12.1 Å². The average molecular weight is 312 g/mol. The fraction of sp³-hybridized carbons (Fsp3) is 0.235. The van der Waals surface area contributed by atoms with Crippen LogP contribution in [-0.2, 0) is 17.8 Å². The zero-order valence-corrected chi connectivity index (χ0v) is 12.4. The molecule has 23 heavy (non-hydrogen) atoms. The number of fused-ring (bicyclic) bond motifs is 1. The Labute approximate surface area is 133 Å². The third-order valence-electron chi connectivity index (χ3n) is 3.68. The molecule has 0 fully saturated rings. The number of anilines is 1. The first-order chi connectivity index (χ1) is 11.1. The summed E-state index contributed by atoms with van der Waals surface area (Å²) in [6, 6.07) is 12.6. The molecule has 2 aromatic rings. The van der Waals surface area contributed by atoms with Crippen LogP contribution in [0.15, 0.2) is 42.5 Å². The number of aromatic carboxylic acids is 1. The molecule has 0 saturated heterocycles. The van der Waals surface area contributed by atoms with E-state index in [9.17, 15) is 9.59 Å². The van der Waals surface area contributed by atoms with Crippen LogP contribution >= 0.6 is 0 Å². The minimum absolute atomic E-state index is 0.0773. The van der Waals surface area contributed by atoms with Gasteiger partial charge in [0.1, 0.15) is 12.4 Å². The molecule has 6 nitrogen and oxygen atoms in total. The summed E-state index contributed by atoms with van der Waals surface area (Å²) in [6.45, 7) is 0.640. The monoisotopic (exact) mass is 312 g/mol. The molecule has 1 N–H and O–H groups in total. The van der Waals surface area contributed by atoms with Gasteiger partial charge in [-0.15, -0.1) is 0 Å². The van der Waals surface area contributed by atoms with Gasteiger partial charge in [-0.05, 0) is 30.0 Å². The summed E-state index contributed by atoms with van der Waals surface area (Å²) in [5.74, 6) is -0.731. The molecule has 0 radical (unpaired) electrons. The minimum atomic E-state index is -1.11. The molecule has 0 atom stereocenters. The number of carbonyl (C=O) groups excluding carboxylic acids is 1. The molecule has 2 heterocycles. The lowest BCUT2D eigenvalue weighted by Crippen LogP contribution is -2.37. The highest BCUT2D eigenvalue weighted by Crippen LogP contribution is 2.26. The van der Waals surface area contributed by atoms with Gasteiger partial charge < -0.3 is 9.84 Å². The lowest BCUT2D eigenvalue weighted by Gasteiger charge is -2.27. The molecular formula is C17H16N2O4. The maximum absolute atomic E-state index is 12.3. The number of carbonyl (C=O) groups is 2. The van der Waals surface area contributed by atoms with E-state index >= 15 is 0 Å². The number of rotatable bonds is 3. The van der Waals surface area contributed by atoms with E-state index in [4.69, 9.17) is 9.84 Å². The largest absolute Gasteiger partial charge is 0.477 e. The molecule has 3 rings (SSSR count). The van der Waals surface area contributed by atoms with Gasteiger partial charge >= 0.3 is 12.1 Å². The highest BCUT2D eigenvalue weighted by atomic mass is 16.6. The highest BCUT2D eigenvalue weighted by molar-refractivity contribution is 5.90. The molecule has 1 aromatic heterocycles. The molecule has 118 valence electrons. The van der Waals surface area contributed by atoms with Gasteiger partial charge in [-0.2, -0.15) is 0 Å². The molecular weight excluding hydrogens is 296 g/mol. The maximum Gasteiger partial charge on any atom is 0.415 e. The molecule has 1 aliphatic rings. The fourth-order valence-corrected chi connectivity index (χ4v) is 2.53. The fourth-order valence-electron chi connectivity index (χ4n) is 2.53. The maximum atomic E-state index is 12.3. The Kier molecular flexibility index (Phi) is 4.23. The predicted octanol–water partition coefficient (Wildman–Crippen LogP) is 2.87. The molecule has 0 unspecified atom stereocenters.